The monoisotopic (exact) mass is 205 g/mol. The number of benzene rings is 1. The lowest BCUT2D eigenvalue weighted by atomic mass is 9.84. The van der Waals surface area contributed by atoms with Gasteiger partial charge in [0, 0.05) is 6.04 Å². The number of piperidine rings is 1. The van der Waals surface area contributed by atoms with Crippen molar-refractivity contribution in [3.63, 3.8) is 0 Å². The van der Waals surface area contributed by atoms with Gasteiger partial charge < -0.3 is 10.4 Å². The van der Waals surface area contributed by atoms with Gasteiger partial charge in [-0.3, -0.25) is 0 Å². The lowest BCUT2D eigenvalue weighted by Crippen LogP contribution is -2.49. The molecule has 15 heavy (non-hydrogen) atoms. The van der Waals surface area contributed by atoms with Gasteiger partial charge in [0.05, 0.1) is 0 Å². The molecular formula is C13H19NO. The van der Waals surface area contributed by atoms with E-state index in [2.05, 4.69) is 5.32 Å². The van der Waals surface area contributed by atoms with Gasteiger partial charge in [0.1, 0.15) is 5.60 Å². The zero-order chi connectivity index (χ0) is 10.7. The maximum atomic E-state index is 10.5. The van der Waals surface area contributed by atoms with E-state index in [1.807, 2.05) is 37.3 Å². The minimum absolute atomic E-state index is 0.189. The molecule has 1 aromatic carbocycles. The first-order valence-electron chi connectivity index (χ1n) is 5.72. The molecule has 0 spiro atoms. The Morgan fingerprint density at radius 2 is 2.00 bits per heavy atom. The molecule has 1 aliphatic heterocycles. The Labute approximate surface area is 91.3 Å². The smallest absolute Gasteiger partial charge is 0.102 e. The van der Waals surface area contributed by atoms with E-state index in [4.69, 9.17) is 0 Å². The van der Waals surface area contributed by atoms with Crippen molar-refractivity contribution in [2.45, 2.75) is 37.8 Å². The molecule has 0 bridgehead atoms. The third-order valence-electron chi connectivity index (χ3n) is 3.35. The summed E-state index contributed by atoms with van der Waals surface area (Å²) in [6.45, 7) is 2.93. The van der Waals surface area contributed by atoms with Crippen LogP contribution in [-0.2, 0) is 5.60 Å². The van der Waals surface area contributed by atoms with Gasteiger partial charge in [-0.1, -0.05) is 36.8 Å². The lowest BCUT2D eigenvalue weighted by Gasteiger charge is -2.36. The molecule has 2 rings (SSSR count). The van der Waals surface area contributed by atoms with E-state index in [9.17, 15) is 5.11 Å². The van der Waals surface area contributed by atoms with Crippen molar-refractivity contribution in [2.75, 3.05) is 6.54 Å². The number of aliphatic hydroxyl groups is 1. The molecule has 0 unspecified atom stereocenters. The predicted octanol–water partition coefficient (Wildman–Crippen LogP) is 2.04. The Morgan fingerprint density at radius 1 is 1.27 bits per heavy atom. The molecule has 0 aromatic heterocycles. The largest absolute Gasteiger partial charge is 0.384 e. The van der Waals surface area contributed by atoms with E-state index < -0.39 is 5.60 Å². The van der Waals surface area contributed by atoms with Crippen LogP contribution in [0.1, 0.15) is 31.7 Å². The molecule has 1 aliphatic rings. The van der Waals surface area contributed by atoms with Crippen LogP contribution >= 0.6 is 0 Å². The summed E-state index contributed by atoms with van der Waals surface area (Å²) in [7, 11) is 0. The van der Waals surface area contributed by atoms with Crippen molar-refractivity contribution in [1.82, 2.24) is 5.32 Å². The van der Waals surface area contributed by atoms with Crippen molar-refractivity contribution >= 4 is 0 Å². The second-order valence-electron chi connectivity index (χ2n) is 4.52. The zero-order valence-corrected chi connectivity index (χ0v) is 9.24. The fourth-order valence-corrected chi connectivity index (χ4v) is 2.31. The van der Waals surface area contributed by atoms with Crippen LogP contribution in [0.15, 0.2) is 30.3 Å². The average molecular weight is 205 g/mol. The van der Waals surface area contributed by atoms with Crippen molar-refractivity contribution in [3.8, 4) is 0 Å². The number of hydrogen-bond acceptors (Lipinski definition) is 2. The van der Waals surface area contributed by atoms with E-state index in [1.54, 1.807) is 0 Å². The number of nitrogens with one attached hydrogen (secondary N) is 1. The van der Waals surface area contributed by atoms with Crippen molar-refractivity contribution in [2.24, 2.45) is 0 Å². The van der Waals surface area contributed by atoms with Crippen LogP contribution in [0.3, 0.4) is 0 Å². The topological polar surface area (TPSA) is 32.3 Å². The molecule has 1 fully saturated rings. The fraction of sp³-hybridized carbons (Fsp3) is 0.538. The quantitative estimate of drug-likeness (QED) is 0.774. The zero-order valence-electron chi connectivity index (χ0n) is 9.24. The number of rotatable bonds is 2. The molecule has 2 nitrogen and oxygen atoms in total. The Bertz CT molecular complexity index is 302. The molecule has 0 aliphatic carbocycles. The standard InChI is InChI=1S/C13H19NO/c1-13(15,11-7-3-2-4-8-11)12-9-5-6-10-14-12/h2-4,7-8,12,14-15H,5-6,9-10H2,1H3/t12-,13-/m0/s1. The van der Waals surface area contributed by atoms with Gasteiger partial charge in [0.15, 0.2) is 0 Å². The molecule has 2 atom stereocenters. The highest BCUT2D eigenvalue weighted by Gasteiger charge is 2.33. The maximum Gasteiger partial charge on any atom is 0.102 e. The van der Waals surface area contributed by atoms with Gasteiger partial charge in [0.2, 0.25) is 0 Å². The van der Waals surface area contributed by atoms with Crippen molar-refractivity contribution in [1.29, 1.82) is 0 Å². The van der Waals surface area contributed by atoms with Gasteiger partial charge in [-0.25, -0.2) is 0 Å². The van der Waals surface area contributed by atoms with Gasteiger partial charge >= 0.3 is 0 Å². The van der Waals surface area contributed by atoms with Gasteiger partial charge in [-0.2, -0.15) is 0 Å². The second-order valence-corrected chi connectivity index (χ2v) is 4.52. The highest BCUT2D eigenvalue weighted by atomic mass is 16.3. The molecule has 2 heteroatoms. The molecule has 82 valence electrons. The van der Waals surface area contributed by atoms with Crippen LogP contribution in [0.2, 0.25) is 0 Å². The molecular weight excluding hydrogens is 186 g/mol. The molecule has 1 saturated heterocycles. The summed E-state index contributed by atoms with van der Waals surface area (Å²) in [6, 6.07) is 10.1. The van der Waals surface area contributed by atoms with Gasteiger partial charge in [-0.05, 0) is 31.9 Å². The first-order chi connectivity index (χ1) is 7.21. The Hall–Kier alpha value is -0.860. The summed E-state index contributed by atoms with van der Waals surface area (Å²) in [4.78, 5) is 0. The number of hydrogen-bond donors (Lipinski definition) is 2. The van der Waals surface area contributed by atoms with E-state index in [-0.39, 0.29) is 6.04 Å². The minimum Gasteiger partial charge on any atom is -0.384 e. The molecule has 1 aromatic rings. The van der Waals surface area contributed by atoms with E-state index in [0.29, 0.717) is 0 Å². The fourth-order valence-electron chi connectivity index (χ4n) is 2.31. The van der Waals surface area contributed by atoms with Crippen LogP contribution in [0.4, 0.5) is 0 Å². The summed E-state index contributed by atoms with van der Waals surface area (Å²) in [6.07, 6.45) is 3.49. The molecule has 0 amide bonds. The van der Waals surface area contributed by atoms with E-state index >= 15 is 0 Å². The normalized spacial score (nSPS) is 25.9. The summed E-state index contributed by atoms with van der Waals surface area (Å²) >= 11 is 0. The highest BCUT2D eigenvalue weighted by Crippen LogP contribution is 2.28. The van der Waals surface area contributed by atoms with Crippen LogP contribution < -0.4 is 5.32 Å². The molecule has 0 saturated carbocycles. The first-order valence-corrected chi connectivity index (χ1v) is 5.72. The SMILES string of the molecule is C[C@](O)(c1ccccc1)[C@@H]1CCCCN1. The van der Waals surface area contributed by atoms with Crippen LogP contribution in [0.25, 0.3) is 0 Å². The van der Waals surface area contributed by atoms with E-state index in [0.717, 1.165) is 18.5 Å². The third-order valence-corrected chi connectivity index (χ3v) is 3.35. The average Bonchev–Trinajstić information content (AvgIpc) is 2.31. The van der Waals surface area contributed by atoms with Crippen molar-refractivity contribution < 1.29 is 5.11 Å². The lowest BCUT2D eigenvalue weighted by molar-refractivity contribution is 0.00568. The second kappa shape index (κ2) is 4.33. The predicted molar refractivity (Wildman–Crippen MR) is 61.7 cm³/mol. The van der Waals surface area contributed by atoms with Crippen LogP contribution in [-0.4, -0.2) is 17.7 Å². The van der Waals surface area contributed by atoms with E-state index in [1.165, 1.54) is 12.8 Å². The van der Waals surface area contributed by atoms with Crippen LogP contribution in [0.5, 0.6) is 0 Å². The summed E-state index contributed by atoms with van der Waals surface area (Å²) < 4.78 is 0. The summed E-state index contributed by atoms with van der Waals surface area (Å²) in [5, 5.41) is 14.0. The van der Waals surface area contributed by atoms with Gasteiger partial charge in [0.25, 0.3) is 0 Å². The summed E-state index contributed by atoms with van der Waals surface area (Å²) in [5.41, 5.74) is 0.256. The van der Waals surface area contributed by atoms with Gasteiger partial charge in [-0.15, -0.1) is 0 Å². The Balaban J connectivity index is 2.18. The first kappa shape index (κ1) is 10.7. The van der Waals surface area contributed by atoms with Crippen molar-refractivity contribution in [3.05, 3.63) is 35.9 Å². The summed E-state index contributed by atoms with van der Waals surface area (Å²) in [5.74, 6) is 0. The Morgan fingerprint density at radius 3 is 2.60 bits per heavy atom. The molecule has 1 heterocycles. The Kier molecular flexibility index (Phi) is 3.08. The minimum atomic E-state index is -0.748. The molecule has 2 N–H and O–H groups in total. The third kappa shape index (κ3) is 2.21. The molecule has 0 radical (unpaired) electrons. The maximum absolute atomic E-state index is 10.5. The highest BCUT2D eigenvalue weighted by molar-refractivity contribution is 5.23. The van der Waals surface area contributed by atoms with Crippen LogP contribution in [0, 0.1) is 0 Å².